The molecule has 1 aliphatic rings. The van der Waals surface area contributed by atoms with Gasteiger partial charge in [0.05, 0.1) is 36.8 Å². The molecule has 1 N–H and O–H groups in total. The highest BCUT2D eigenvalue weighted by atomic mass is 32.1. The van der Waals surface area contributed by atoms with Crippen LogP contribution in [0.1, 0.15) is 17.6 Å². The first kappa shape index (κ1) is 14.5. The van der Waals surface area contributed by atoms with Crippen LogP contribution in [0, 0.1) is 0 Å². The fourth-order valence-electron chi connectivity index (χ4n) is 2.81. The van der Waals surface area contributed by atoms with Gasteiger partial charge in [-0.05, 0) is 17.1 Å². The molecule has 7 heteroatoms. The largest absolute Gasteiger partial charge is 0.378 e. The minimum Gasteiger partial charge on any atom is -0.378 e. The van der Waals surface area contributed by atoms with Crippen LogP contribution in [-0.4, -0.2) is 44.2 Å². The van der Waals surface area contributed by atoms with Crippen LogP contribution >= 0.6 is 11.5 Å². The second-order valence-corrected chi connectivity index (χ2v) is 6.12. The maximum absolute atomic E-state index is 5.67. The lowest BCUT2D eigenvalue weighted by molar-refractivity contribution is -0.0161. The summed E-state index contributed by atoms with van der Waals surface area (Å²) in [4.78, 5) is 10.4. The molecule has 1 fully saturated rings. The third-order valence-electron chi connectivity index (χ3n) is 4.01. The zero-order valence-electron chi connectivity index (χ0n) is 12.6. The molecule has 23 heavy (non-hydrogen) atoms. The fraction of sp³-hybridized carbons (Fsp3) is 0.312. The van der Waals surface area contributed by atoms with Gasteiger partial charge in [0.2, 0.25) is 0 Å². The normalized spacial score (nSPS) is 19.0. The highest BCUT2D eigenvalue weighted by molar-refractivity contribution is 7.03. The number of imidazole rings is 1. The highest BCUT2D eigenvalue weighted by Gasteiger charge is 2.27. The molecule has 0 aliphatic carbocycles. The van der Waals surface area contributed by atoms with Gasteiger partial charge in [0.1, 0.15) is 5.82 Å². The number of benzene rings is 1. The Balaban J connectivity index is 1.56. The number of rotatable bonds is 4. The van der Waals surface area contributed by atoms with Crippen molar-refractivity contribution in [2.24, 2.45) is 0 Å². The summed E-state index contributed by atoms with van der Waals surface area (Å²) in [6.45, 7) is 3.01. The first-order chi connectivity index (χ1) is 11.4. The van der Waals surface area contributed by atoms with Crippen molar-refractivity contribution in [3.05, 3.63) is 53.4 Å². The lowest BCUT2D eigenvalue weighted by Crippen LogP contribution is -2.39. The first-order valence-corrected chi connectivity index (χ1v) is 8.42. The van der Waals surface area contributed by atoms with Crippen molar-refractivity contribution >= 4 is 11.5 Å². The van der Waals surface area contributed by atoms with Crippen LogP contribution in [0.5, 0.6) is 0 Å². The molecule has 0 saturated carbocycles. The van der Waals surface area contributed by atoms with Gasteiger partial charge < -0.3 is 9.72 Å². The Morgan fingerprint density at radius 1 is 1.30 bits per heavy atom. The molecule has 4 rings (SSSR count). The number of H-pyrrole nitrogens is 1. The summed E-state index contributed by atoms with van der Waals surface area (Å²) in [5.74, 6) is 0.937. The Morgan fingerprint density at radius 3 is 3.04 bits per heavy atom. The number of aromatic nitrogens is 4. The average Bonchev–Trinajstić information content (AvgIpc) is 3.28. The van der Waals surface area contributed by atoms with E-state index in [-0.39, 0.29) is 6.04 Å². The van der Waals surface area contributed by atoms with Crippen LogP contribution in [0.2, 0.25) is 0 Å². The minimum absolute atomic E-state index is 0.114. The lowest BCUT2D eigenvalue weighted by Gasteiger charge is -2.33. The summed E-state index contributed by atoms with van der Waals surface area (Å²) < 4.78 is 9.61. The molecule has 1 aromatic carbocycles. The maximum atomic E-state index is 5.67. The third-order valence-corrected chi connectivity index (χ3v) is 4.56. The molecule has 1 atom stereocenters. The summed E-state index contributed by atoms with van der Waals surface area (Å²) in [6.07, 6.45) is 1.89. The fourth-order valence-corrected chi connectivity index (χ4v) is 3.25. The maximum Gasteiger partial charge on any atom is 0.126 e. The summed E-state index contributed by atoms with van der Waals surface area (Å²) in [7, 11) is 0. The Kier molecular flexibility index (Phi) is 4.14. The van der Waals surface area contributed by atoms with Crippen molar-refractivity contribution in [2.75, 3.05) is 19.8 Å². The van der Waals surface area contributed by atoms with Crippen LogP contribution < -0.4 is 0 Å². The molecule has 6 nitrogen and oxygen atoms in total. The summed E-state index contributed by atoms with van der Waals surface area (Å²) in [5, 5.41) is 6.14. The number of ether oxygens (including phenoxy) is 1. The van der Waals surface area contributed by atoms with Gasteiger partial charge in [-0.1, -0.05) is 34.8 Å². The van der Waals surface area contributed by atoms with E-state index in [1.807, 2.05) is 29.8 Å². The average molecular weight is 327 g/mol. The van der Waals surface area contributed by atoms with E-state index < -0.39 is 0 Å². The molecule has 0 radical (unpaired) electrons. The van der Waals surface area contributed by atoms with E-state index in [1.165, 1.54) is 11.5 Å². The van der Waals surface area contributed by atoms with Crippen LogP contribution in [-0.2, 0) is 11.3 Å². The molecule has 2 aromatic heterocycles. The van der Waals surface area contributed by atoms with Crippen molar-refractivity contribution in [1.29, 1.82) is 0 Å². The smallest absolute Gasteiger partial charge is 0.126 e. The molecule has 0 spiro atoms. The van der Waals surface area contributed by atoms with Crippen molar-refractivity contribution < 1.29 is 4.74 Å². The topological polar surface area (TPSA) is 66.9 Å². The Hall–Kier alpha value is -2.09. The van der Waals surface area contributed by atoms with E-state index in [0.717, 1.165) is 42.5 Å². The van der Waals surface area contributed by atoms with Crippen molar-refractivity contribution in [2.45, 2.75) is 12.6 Å². The second-order valence-electron chi connectivity index (χ2n) is 5.51. The number of morpholine rings is 1. The molecule has 0 amide bonds. The Morgan fingerprint density at radius 2 is 2.22 bits per heavy atom. The second kappa shape index (κ2) is 6.57. The molecule has 0 bridgehead atoms. The zero-order chi connectivity index (χ0) is 15.5. The van der Waals surface area contributed by atoms with Gasteiger partial charge >= 0.3 is 0 Å². The van der Waals surface area contributed by atoms with Gasteiger partial charge in [0.25, 0.3) is 0 Å². The molecule has 1 unspecified atom stereocenters. The quantitative estimate of drug-likeness (QED) is 0.797. The van der Waals surface area contributed by atoms with E-state index in [1.54, 1.807) is 0 Å². The van der Waals surface area contributed by atoms with Crippen molar-refractivity contribution in [3.63, 3.8) is 0 Å². The monoisotopic (exact) mass is 327 g/mol. The number of hydrogen-bond donors (Lipinski definition) is 1. The highest BCUT2D eigenvalue weighted by Crippen LogP contribution is 2.26. The summed E-state index contributed by atoms with van der Waals surface area (Å²) in [5.41, 5.74) is 3.16. The molecular formula is C16H17N5OS. The van der Waals surface area contributed by atoms with Gasteiger partial charge in [-0.2, -0.15) is 0 Å². The SMILES string of the molecule is c1ccc(-c2cnc(C3COCCN3Cc3csnn3)[nH]2)cc1. The van der Waals surface area contributed by atoms with Gasteiger partial charge in [-0.15, -0.1) is 5.10 Å². The van der Waals surface area contributed by atoms with E-state index in [2.05, 4.69) is 36.6 Å². The summed E-state index contributed by atoms with van der Waals surface area (Å²) >= 11 is 1.38. The van der Waals surface area contributed by atoms with E-state index in [4.69, 9.17) is 4.74 Å². The van der Waals surface area contributed by atoms with E-state index in [9.17, 15) is 0 Å². The summed E-state index contributed by atoms with van der Waals surface area (Å²) in [6, 6.07) is 10.3. The Bertz CT molecular complexity index is 743. The number of nitrogens with zero attached hydrogens (tertiary/aromatic N) is 4. The first-order valence-electron chi connectivity index (χ1n) is 7.58. The van der Waals surface area contributed by atoms with Crippen LogP contribution in [0.15, 0.2) is 41.9 Å². The van der Waals surface area contributed by atoms with Gasteiger partial charge in [-0.3, -0.25) is 4.90 Å². The Labute approximate surface area is 138 Å². The van der Waals surface area contributed by atoms with Crippen LogP contribution in [0.4, 0.5) is 0 Å². The third kappa shape index (κ3) is 3.17. The molecule has 1 aliphatic heterocycles. The molecule has 3 aromatic rings. The van der Waals surface area contributed by atoms with E-state index >= 15 is 0 Å². The molecule has 1 saturated heterocycles. The van der Waals surface area contributed by atoms with E-state index in [0.29, 0.717) is 6.61 Å². The predicted molar refractivity (Wildman–Crippen MR) is 87.9 cm³/mol. The van der Waals surface area contributed by atoms with Crippen molar-refractivity contribution in [1.82, 2.24) is 24.5 Å². The lowest BCUT2D eigenvalue weighted by atomic mass is 10.2. The minimum atomic E-state index is 0.114. The number of aromatic amines is 1. The van der Waals surface area contributed by atoms with Gasteiger partial charge in [0.15, 0.2) is 0 Å². The van der Waals surface area contributed by atoms with Crippen LogP contribution in [0.25, 0.3) is 11.3 Å². The molecule has 3 heterocycles. The van der Waals surface area contributed by atoms with Gasteiger partial charge in [0, 0.05) is 18.5 Å². The number of nitrogens with one attached hydrogen (secondary N) is 1. The zero-order valence-corrected chi connectivity index (χ0v) is 13.4. The molecular weight excluding hydrogens is 310 g/mol. The van der Waals surface area contributed by atoms with Crippen LogP contribution in [0.3, 0.4) is 0 Å². The molecule has 118 valence electrons. The number of hydrogen-bond acceptors (Lipinski definition) is 6. The standard InChI is InChI=1S/C16H17N5OS/c1-2-4-12(5-3-1)14-8-17-16(18-14)15-10-22-7-6-21(15)9-13-11-23-20-19-13/h1-5,8,11,15H,6-7,9-10H2,(H,17,18). The van der Waals surface area contributed by atoms with Crippen molar-refractivity contribution in [3.8, 4) is 11.3 Å². The van der Waals surface area contributed by atoms with Gasteiger partial charge in [-0.25, -0.2) is 4.98 Å². The predicted octanol–water partition coefficient (Wildman–Crippen LogP) is 2.50.